The first-order valence-corrected chi connectivity index (χ1v) is 6.16. The Bertz CT molecular complexity index is 356. The molecule has 1 aromatic carbocycles. The van der Waals surface area contributed by atoms with Gasteiger partial charge in [0.05, 0.1) is 0 Å². The number of ketones is 1. The molecule has 0 aliphatic carbocycles. The molecule has 0 aromatic heterocycles. The summed E-state index contributed by atoms with van der Waals surface area (Å²) in [5.74, 6) is 0.223. The number of carbonyl (C=O) groups excluding carboxylic acids is 1. The van der Waals surface area contributed by atoms with Gasteiger partial charge in [-0.1, -0.05) is 18.2 Å². The van der Waals surface area contributed by atoms with Gasteiger partial charge in [-0.25, -0.2) is 0 Å². The first kappa shape index (κ1) is 12.3. The van der Waals surface area contributed by atoms with E-state index in [4.69, 9.17) is 0 Å². The largest absolute Gasteiger partial charge is 0.304 e. The Morgan fingerprint density at radius 3 is 2.76 bits per heavy atom. The fourth-order valence-corrected chi connectivity index (χ4v) is 2.04. The van der Waals surface area contributed by atoms with E-state index in [1.165, 1.54) is 0 Å². The minimum atomic E-state index is 0.223. The molecule has 1 aliphatic heterocycles. The van der Waals surface area contributed by atoms with Crippen LogP contribution in [0, 0.1) is 6.07 Å². The summed E-state index contributed by atoms with van der Waals surface area (Å²) >= 11 is 0. The van der Waals surface area contributed by atoms with Gasteiger partial charge >= 0.3 is 0 Å². The average molecular weight is 231 g/mol. The van der Waals surface area contributed by atoms with E-state index < -0.39 is 0 Å². The SMILES string of the molecule is CN1CCN(CCC(=O)c2c[c]ccc2)CC1. The summed E-state index contributed by atoms with van der Waals surface area (Å²) in [6.07, 6.45) is 0.613. The van der Waals surface area contributed by atoms with Crippen molar-refractivity contribution in [3.05, 3.63) is 35.9 Å². The van der Waals surface area contributed by atoms with Gasteiger partial charge in [0.1, 0.15) is 0 Å². The maximum Gasteiger partial charge on any atom is 0.164 e. The molecule has 1 saturated heterocycles. The van der Waals surface area contributed by atoms with Gasteiger partial charge in [-0.05, 0) is 19.2 Å². The van der Waals surface area contributed by atoms with Gasteiger partial charge in [-0.3, -0.25) is 4.79 Å². The highest BCUT2D eigenvalue weighted by Crippen LogP contribution is 2.05. The van der Waals surface area contributed by atoms with Crippen LogP contribution in [-0.2, 0) is 0 Å². The molecule has 3 nitrogen and oxygen atoms in total. The highest BCUT2D eigenvalue weighted by atomic mass is 16.1. The Balaban J connectivity index is 1.77. The van der Waals surface area contributed by atoms with Crippen molar-refractivity contribution in [2.24, 2.45) is 0 Å². The summed E-state index contributed by atoms with van der Waals surface area (Å²) in [7, 11) is 2.14. The second kappa shape index (κ2) is 5.94. The Morgan fingerprint density at radius 1 is 1.35 bits per heavy atom. The van der Waals surface area contributed by atoms with Crippen molar-refractivity contribution >= 4 is 5.78 Å². The van der Waals surface area contributed by atoms with E-state index >= 15 is 0 Å². The zero-order valence-corrected chi connectivity index (χ0v) is 10.4. The number of piperazine rings is 1. The summed E-state index contributed by atoms with van der Waals surface area (Å²) < 4.78 is 0. The molecule has 0 atom stereocenters. The zero-order valence-electron chi connectivity index (χ0n) is 10.4. The summed E-state index contributed by atoms with van der Waals surface area (Å²) in [4.78, 5) is 16.6. The van der Waals surface area contributed by atoms with E-state index in [-0.39, 0.29) is 5.78 Å². The maximum absolute atomic E-state index is 11.9. The molecule has 0 N–H and O–H groups in total. The Kier molecular flexibility index (Phi) is 4.29. The number of benzene rings is 1. The van der Waals surface area contributed by atoms with Crippen molar-refractivity contribution in [1.29, 1.82) is 0 Å². The standard InChI is InChI=1S/C14H19N2O/c1-15-9-11-16(12-10-15)8-7-14(17)13-5-3-2-4-6-13/h2-3,5-6H,7-12H2,1H3. The van der Waals surface area contributed by atoms with Gasteiger partial charge in [-0.15, -0.1) is 0 Å². The average Bonchev–Trinajstić information content (AvgIpc) is 2.39. The molecule has 91 valence electrons. The summed E-state index contributed by atoms with van der Waals surface area (Å²) in [5, 5.41) is 0. The number of likely N-dealkylation sites (N-methyl/N-ethyl adjacent to an activating group) is 1. The molecule has 1 radical (unpaired) electrons. The third-order valence-electron chi connectivity index (χ3n) is 3.28. The highest BCUT2D eigenvalue weighted by molar-refractivity contribution is 5.96. The van der Waals surface area contributed by atoms with Crippen LogP contribution in [0.25, 0.3) is 0 Å². The van der Waals surface area contributed by atoms with E-state index in [0.717, 1.165) is 38.3 Å². The van der Waals surface area contributed by atoms with Gasteiger partial charge in [0.2, 0.25) is 0 Å². The molecular weight excluding hydrogens is 212 g/mol. The topological polar surface area (TPSA) is 23.6 Å². The van der Waals surface area contributed by atoms with Crippen molar-refractivity contribution in [3.63, 3.8) is 0 Å². The first-order valence-electron chi connectivity index (χ1n) is 6.16. The minimum absolute atomic E-state index is 0.223. The van der Waals surface area contributed by atoms with Gasteiger partial charge < -0.3 is 9.80 Å². The molecule has 0 unspecified atom stereocenters. The zero-order chi connectivity index (χ0) is 12.1. The minimum Gasteiger partial charge on any atom is -0.304 e. The number of carbonyl (C=O) groups is 1. The van der Waals surface area contributed by atoms with Crippen molar-refractivity contribution in [3.8, 4) is 0 Å². The Labute approximate surface area is 103 Å². The molecule has 0 amide bonds. The van der Waals surface area contributed by atoms with Crippen molar-refractivity contribution in [1.82, 2.24) is 9.80 Å². The molecule has 3 heteroatoms. The second-order valence-corrected chi connectivity index (χ2v) is 4.61. The van der Waals surface area contributed by atoms with Crippen molar-refractivity contribution in [2.45, 2.75) is 6.42 Å². The van der Waals surface area contributed by atoms with Crippen molar-refractivity contribution in [2.75, 3.05) is 39.8 Å². The summed E-state index contributed by atoms with van der Waals surface area (Å²) in [6.45, 7) is 5.23. The molecule has 0 saturated carbocycles. The molecular formula is C14H19N2O. The van der Waals surface area contributed by atoms with Gasteiger partial charge in [-0.2, -0.15) is 0 Å². The molecule has 1 aliphatic rings. The Hall–Kier alpha value is -1.19. The van der Waals surface area contributed by atoms with Crippen LogP contribution in [-0.4, -0.2) is 55.4 Å². The molecule has 1 fully saturated rings. The molecule has 1 aromatic rings. The van der Waals surface area contributed by atoms with E-state index in [9.17, 15) is 4.79 Å². The Morgan fingerprint density at radius 2 is 2.12 bits per heavy atom. The van der Waals surface area contributed by atoms with Crippen LogP contribution in [0.4, 0.5) is 0 Å². The monoisotopic (exact) mass is 231 g/mol. The molecule has 1 heterocycles. The third kappa shape index (κ3) is 3.65. The lowest BCUT2D eigenvalue weighted by Crippen LogP contribution is -2.45. The molecule has 0 spiro atoms. The van der Waals surface area contributed by atoms with Crippen LogP contribution >= 0.6 is 0 Å². The van der Waals surface area contributed by atoms with Gasteiger partial charge in [0.25, 0.3) is 0 Å². The fourth-order valence-electron chi connectivity index (χ4n) is 2.04. The predicted octanol–water partition coefficient (Wildman–Crippen LogP) is 1.31. The van der Waals surface area contributed by atoms with E-state index in [0.29, 0.717) is 6.42 Å². The van der Waals surface area contributed by atoms with Crippen LogP contribution in [0.1, 0.15) is 16.8 Å². The smallest absolute Gasteiger partial charge is 0.164 e. The second-order valence-electron chi connectivity index (χ2n) is 4.61. The van der Waals surface area contributed by atoms with Crippen molar-refractivity contribution < 1.29 is 4.79 Å². The lowest BCUT2D eigenvalue weighted by Gasteiger charge is -2.32. The summed E-state index contributed by atoms with van der Waals surface area (Å²) in [5.41, 5.74) is 0.779. The predicted molar refractivity (Wildman–Crippen MR) is 68.2 cm³/mol. The van der Waals surface area contributed by atoms with Crippen LogP contribution in [0.2, 0.25) is 0 Å². The van der Waals surface area contributed by atoms with Crippen LogP contribution in [0.15, 0.2) is 24.3 Å². The molecule has 0 bridgehead atoms. The number of hydrogen-bond acceptors (Lipinski definition) is 3. The van der Waals surface area contributed by atoms with Crippen LogP contribution in [0.3, 0.4) is 0 Å². The van der Waals surface area contributed by atoms with Crippen LogP contribution < -0.4 is 0 Å². The van der Waals surface area contributed by atoms with E-state index in [1.807, 2.05) is 18.2 Å². The normalized spacial score (nSPS) is 18.2. The number of Topliss-reactive ketones (excluding diaryl/α,β-unsaturated/α-hetero) is 1. The third-order valence-corrected chi connectivity index (χ3v) is 3.28. The van der Waals surface area contributed by atoms with Gasteiger partial charge in [0, 0.05) is 44.7 Å². The van der Waals surface area contributed by atoms with Gasteiger partial charge in [0.15, 0.2) is 5.78 Å². The quantitative estimate of drug-likeness (QED) is 0.730. The van der Waals surface area contributed by atoms with E-state index in [1.54, 1.807) is 6.07 Å². The number of rotatable bonds is 4. The fraction of sp³-hybridized carbons (Fsp3) is 0.500. The number of hydrogen-bond donors (Lipinski definition) is 0. The highest BCUT2D eigenvalue weighted by Gasteiger charge is 2.14. The lowest BCUT2D eigenvalue weighted by atomic mass is 10.1. The maximum atomic E-state index is 11.9. The summed E-state index contributed by atoms with van der Waals surface area (Å²) in [6, 6.07) is 10.3. The molecule has 2 rings (SSSR count). The van der Waals surface area contributed by atoms with E-state index in [2.05, 4.69) is 22.9 Å². The number of nitrogens with zero attached hydrogens (tertiary/aromatic N) is 2. The first-order chi connectivity index (χ1) is 8.25. The van der Waals surface area contributed by atoms with Crippen LogP contribution in [0.5, 0.6) is 0 Å². The lowest BCUT2D eigenvalue weighted by molar-refractivity contribution is 0.0942. The molecule has 17 heavy (non-hydrogen) atoms.